The summed E-state index contributed by atoms with van der Waals surface area (Å²) in [4.78, 5) is 12.7. The van der Waals surface area contributed by atoms with E-state index < -0.39 is 16.0 Å². The van der Waals surface area contributed by atoms with Crippen molar-refractivity contribution in [2.45, 2.75) is 18.7 Å². The molecule has 0 bridgehead atoms. The molecule has 0 atom stereocenters. The number of amides is 1. The molecule has 3 aromatic carbocycles. The number of hydrogen-bond donors (Lipinski definition) is 1. The average molecular weight is 497 g/mol. The van der Waals surface area contributed by atoms with Crippen molar-refractivity contribution in [3.8, 4) is 17.6 Å². The molecule has 0 aliphatic carbocycles. The largest absolute Gasteiger partial charge is 0.490 e. The fourth-order valence-corrected chi connectivity index (χ4v) is 4.22. The number of benzene rings is 3. The lowest BCUT2D eigenvalue weighted by Crippen LogP contribution is -2.14. The number of nitrogens with one attached hydrogen (secondary N) is 1. The van der Waals surface area contributed by atoms with Crippen LogP contribution in [0, 0.1) is 18.3 Å². The van der Waals surface area contributed by atoms with E-state index in [-0.39, 0.29) is 28.6 Å². The van der Waals surface area contributed by atoms with E-state index in [0.29, 0.717) is 16.3 Å². The first kappa shape index (κ1) is 24.8. The van der Waals surface area contributed by atoms with Gasteiger partial charge < -0.3 is 14.2 Å². The van der Waals surface area contributed by atoms with Gasteiger partial charge in [0, 0.05) is 0 Å². The minimum Gasteiger partial charge on any atom is -0.490 e. The topological polar surface area (TPSA) is 105 Å². The molecule has 0 aliphatic rings. The number of nitriles is 1. The van der Waals surface area contributed by atoms with Gasteiger partial charge in [-0.1, -0.05) is 48.0 Å². The lowest BCUT2D eigenvalue weighted by molar-refractivity contribution is -0.112. The van der Waals surface area contributed by atoms with Crippen LogP contribution in [0.15, 0.2) is 77.2 Å². The molecule has 0 radical (unpaired) electrons. The first-order valence-corrected chi connectivity index (χ1v) is 12.0. The number of rotatable bonds is 8. The molecule has 0 spiro atoms. The molecule has 0 unspecified atom stereocenters. The van der Waals surface area contributed by atoms with E-state index >= 15 is 0 Å². The van der Waals surface area contributed by atoms with Gasteiger partial charge >= 0.3 is 10.1 Å². The van der Waals surface area contributed by atoms with Crippen LogP contribution in [0.4, 0.5) is 5.69 Å². The predicted molar refractivity (Wildman–Crippen MR) is 130 cm³/mol. The Kier molecular flexibility index (Phi) is 7.95. The molecule has 174 valence electrons. The van der Waals surface area contributed by atoms with E-state index in [0.717, 1.165) is 5.56 Å². The summed E-state index contributed by atoms with van der Waals surface area (Å²) in [5, 5.41) is 12.5. The summed E-state index contributed by atoms with van der Waals surface area (Å²) in [6.07, 6.45) is 1.36. The van der Waals surface area contributed by atoms with E-state index in [1.807, 2.05) is 6.07 Å². The van der Waals surface area contributed by atoms with Crippen LogP contribution in [0.25, 0.3) is 6.08 Å². The smallest absolute Gasteiger partial charge is 0.339 e. The molecule has 0 fully saturated rings. The molecule has 7 nitrogen and oxygen atoms in total. The lowest BCUT2D eigenvalue weighted by atomic mass is 10.1. The van der Waals surface area contributed by atoms with Crippen molar-refractivity contribution in [1.82, 2.24) is 0 Å². The Morgan fingerprint density at radius 2 is 1.82 bits per heavy atom. The lowest BCUT2D eigenvalue weighted by Gasteiger charge is -2.13. The summed E-state index contributed by atoms with van der Waals surface area (Å²) >= 11 is 6.16. The van der Waals surface area contributed by atoms with Crippen LogP contribution in [-0.2, 0) is 14.9 Å². The zero-order valence-corrected chi connectivity index (χ0v) is 20.0. The molecule has 1 amide bonds. The van der Waals surface area contributed by atoms with Gasteiger partial charge in [-0.25, -0.2) is 0 Å². The van der Waals surface area contributed by atoms with E-state index in [4.69, 9.17) is 20.5 Å². The highest BCUT2D eigenvalue weighted by Crippen LogP contribution is 2.32. The Balaban J connectivity index is 1.90. The summed E-state index contributed by atoms with van der Waals surface area (Å²) in [5.74, 6) is -0.503. The Hall–Kier alpha value is -3.80. The van der Waals surface area contributed by atoms with Crippen LogP contribution in [0.2, 0.25) is 5.02 Å². The van der Waals surface area contributed by atoms with Gasteiger partial charge in [-0.2, -0.15) is 13.7 Å². The van der Waals surface area contributed by atoms with Gasteiger partial charge in [0.1, 0.15) is 16.5 Å². The highest BCUT2D eigenvalue weighted by atomic mass is 35.5. The van der Waals surface area contributed by atoms with Crippen LogP contribution in [-0.4, -0.2) is 20.9 Å². The fraction of sp³-hybridized carbons (Fsp3) is 0.120. The van der Waals surface area contributed by atoms with Crippen molar-refractivity contribution in [1.29, 1.82) is 5.26 Å². The molecule has 0 aromatic heterocycles. The minimum absolute atomic E-state index is 0.000255. The summed E-state index contributed by atoms with van der Waals surface area (Å²) in [5.41, 5.74) is 1.43. The maximum atomic E-state index is 12.7. The second-order valence-electron chi connectivity index (χ2n) is 7.05. The van der Waals surface area contributed by atoms with Gasteiger partial charge in [0.15, 0.2) is 11.5 Å². The number of hydrogen-bond acceptors (Lipinski definition) is 6. The van der Waals surface area contributed by atoms with Gasteiger partial charge in [-0.3, -0.25) is 4.79 Å². The molecular formula is C25H21ClN2O5S. The monoisotopic (exact) mass is 496 g/mol. The highest BCUT2D eigenvalue weighted by molar-refractivity contribution is 7.87. The van der Waals surface area contributed by atoms with E-state index in [1.165, 1.54) is 36.4 Å². The highest BCUT2D eigenvalue weighted by Gasteiger charge is 2.20. The van der Waals surface area contributed by atoms with Crippen molar-refractivity contribution in [3.63, 3.8) is 0 Å². The SMILES string of the molecule is CCOc1cc(/C=C(\C#N)C(=O)Nc2c(C)cccc2Cl)ccc1OS(=O)(=O)c1ccccc1. The van der Waals surface area contributed by atoms with Crippen LogP contribution >= 0.6 is 11.6 Å². The number of ether oxygens (including phenoxy) is 1. The minimum atomic E-state index is -4.08. The summed E-state index contributed by atoms with van der Waals surface area (Å²) in [7, 11) is -4.08. The average Bonchev–Trinajstić information content (AvgIpc) is 2.82. The first-order chi connectivity index (χ1) is 16.2. The van der Waals surface area contributed by atoms with Gasteiger partial charge in [-0.15, -0.1) is 0 Å². The van der Waals surface area contributed by atoms with Crippen molar-refractivity contribution < 1.29 is 22.1 Å². The quantitative estimate of drug-likeness (QED) is 0.255. The van der Waals surface area contributed by atoms with Crippen LogP contribution < -0.4 is 14.2 Å². The molecule has 0 heterocycles. The summed E-state index contributed by atoms with van der Waals surface area (Å²) in [6, 6.07) is 19.2. The third kappa shape index (κ3) is 5.95. The molecular weight excluding hydrogens is 476 g/mol. The Bertz CT molecular complexity index is 1360. The second-order valence-corrected chi connectivity index (χ2v) is 9.00. The zero-order chi connectivity index (χ0) is 24.7. The third-order valence-electron chi connectivity index (χ3n) is 4.64. The van der Waals surface area contributed by atoms with Crippen molar-refractivity contribution >= 4 is 39.4 Å². The van der Waals surface area contributed by atoms with E-state index in [1.54, 1.807) is 50.2 Å². The van der Waals surface area contributed by atoms with Crippen LogP contribution in [0.3, 0.4) is 0 Å². The number of nitrogens with zero attached hydrogens (tertiary/aromatic N) is 1. The normalized spacial score (nSPS) is 11.4. The molecule has 9 heteroatoms. The van der Waals surface area contributed by atoms with E-state index in [2.05, 4.69) is 5.32 Å². The summed E-state index contributed by atoms with van der Waals surface area (Å²) < 4.78 is 36.0. The van der Waals surface area contributed by atoms with Gasteiger partial charge in [0.25, 0.3) is 5.91 Å². The summed E-state index contributed by atoms with van der Waals surface area (Å²) in [6.45, 7) is 3.76. The maximum absolute atomic E-state index is 12.7. The molecule has 0 saturated heterocycles. The number of para-hydroxylation sites is 1. The van der Waals surface area contributed by atoms with Gasteiger partial charge in [0.2, 0.25) is 0 Å². The molecule has 1 N–H and O–H groups in total. The Morgan fingerprint density at radius 1 is 1.09 bits per heavy atom. The zero-order valence-electron chi connectivity index (χ0n) is 18.4. The molecule has 34 heavy (non-hydrogen) atoms. The molecule has 3 aromatic rings. The van der Waals surface area contributed by atoms with Crippen molar-refractivity contribution in [3.05, 3.63) is 88.5 Å². The van der Waals surface area contributed by atoms with E-state index in [9.17, 15) is 18.5 Å². The molecule has 0 aliphatic heterocycles. The predicted octanol–water partition coefficient (Wildman–Crippen LogP) is 5.36. The van der Waals surface area contributed by atoms with Gasteiger partial charge in [-0.05, 0) is 61.4 Å². The molecule has 0 saturated carbocycles. The van der Waals surface area contributed by atoms with Crippen LogP contribution in [0.1, 0.15) is 18.1 Å². The number of carbonyl (C=O) groups excluding carboxylic acids is 1. The number of carbonyl (C=O) groups is 1. The van der Waals surface area contributed by atoms with Crippen molar-refractivity contribution in [2.24, 2.45) is 0 Å². The Labute approximate surface area is 203 Å². The number of aryl methyl sites for hydroxylation is 1. The maximum Gasteiger partial charge on any atom is 0.339 e. The molecule has 3 rings (SSSR count). The third-order valence-corrected chi connectivity index (χ3v) is 6.20. The van der Waals surface area contributed by atoms with Crippen molar-refractivity contribution in [2.75, 3.05) is 11.9 Å². The first-order valence-electron chi connectivity index (χ1n) is 10.2. The standard InChI is InChI=1S/C25H21ClN2O5S/c1-3-32-23-15-18(12-13-22(23)33-34(30,31)20-9-5-4-6-10-20)14-19(16-27)25(29)28-24-17(2)8-7-11-21(24)26/h4-15H,3H2,1-2H3,(H,28,29)/b19-14+. The Morgan fingerprint density at radius 3 is 2.47 bits per heavy atom. The van der Waals surface area contributed by atoms with Crippen LogP contribution in [0.5, 0.6) is 11.5 Å². The number of halogens is 1. The number of anilines is 1. The fourth-order valence-electron chi connectivity index (χ4n) is 2.99. The van der Waals surface area contributed by atoms with Gasteiger partial charge in [0.05, 0.1) is 17.3 Å². The second kappa shape index (κ2) is 10.9.